The minimum atomic E-state index is -0.535. The van der Waals surface area contributed by atoms with Gasteiger partial charge in [0, 0.05) is 43.5 Å². The van der Waals surface area contributed by atoms with E-state index in [1.807, 2.05) is 29.2 Å². The fraction of sp³-hybridized carbons (Fsp3) is 0.370. The zero-order valence-electron chi connectivity index (χ0n) is 19.7. The van der Waals surface area contributed by atoms with Crippen LogP contribution in [-0.2, 0) is 0 Å². The molecule has 36 heavy (non-hydrogen) atoms. The number of pyridine rings is 1. The molecule has 0 aliphatic carbocycles. The van der Waals surface area contributed by atoms with E-state index in [2.05, 4.69) is 20.2 Å². The van der Waals surface area contributed by atoms with Crippen LogP contribution >= 0.6 is 0 Å². The Morgan fingerprint density at radius 2 is 1.83 bits per heavy atom. The maximum absolute atomic E-state index is 16.3. The Kier molecular flexibility index (Phi) is 4.97. The number of nitrogens with one attached hydrogen (secondary N) is 1. The van der Waals surface area contributed by atoms with Gasteiger partial charge < -0.3 is 25.3 Å². The number of hydrogen-bond donors (Lipinski definition) is 3. The van der Waals surface area contributed by atoms with E-state index in [-0.39, 0.29) is 29.6 Å². The Morgan fingerprint density at radius 3 is 2.58 bits per heavy atom. The molecule has 2 aromatic heterocycles. The molecular formula is C27H27FN6O2. The Labute approximate surface area is 207 Å². The smallest absolute Gasteiger partial charge is 0.228 e. The largest absolute Gasteiger partial charge is 0.508 e. The predicted molar refractivity (Wildman–Crippen MR) is 137 cm³/mol. The zero-order chi connectivity index (χ0) is 24.4. The van der Waals surface area contributed by atoms with Gasteiger partial charge in [-0.15, -0.1) is 0 Å². The van der Waals surface area contributed by atoms with Crippen LogP contribution in [0.1, 0.15) is 19.3 Å². The first-order valence-electron chi connectivity index (χ1n) is 12.6. The SMILES string of the molecule is OC[C@@H]1CCN1c1nc(N2CC3CCC(C2)N3)c2cnc(-c3cc(O)cc4ccccc34)c(F)c2n1. The van der Waals surface area contributed by atoms with Crippen molar-refractivity contribution in [1.82, 2.24) is 20.3 Å². The summed E-state index contributed by atoms with van der Waals surface area (Å²) in [6.07, 6.45) is 4.76. The molecule has 3 atom stereocenters. The molecule has 2 unspecified atom stereocenters. The standard InChI is InChI=1S/C27H27FN6O2/c28-23-24(21-10-19(36)9-15-3-1-2-4-20(15)21)29-11-22-25(23)31-27(34-8-7-18(34)14-35)32-26(22)33-12-16-5-6-17(13-33)30-16/h1-4,9-11,16-18,30,35-36H,5-8,12-14H2/t16?,17?,18-/m0/s1. The van der Waals surface area contributed by atoms with Crippen LogP contribution in [0.2, 0.25) is 0 Å². The lowest BCUT2D eigenvalue weighted by atomic mass is 10.00. The number of phenolic OH excluding ortho intramolecular Hbond substituents is 1. The van der Waals surface area contributed by atoms with Crippen molar-refractivity contribution in [3.8, 4) is 17.0 Å². The maximum Gasteiger partial charge on any atom is 0.228 e. The number of nitrogens with zero attached hydrogens (tertiary/aromatic N) is 5. The molecule has 0 saturated carbocycles. The fourth-order valence-electron chi connectivity index (χ4n) is 5.94. The summed E-state index contributed by atoms with van der Waals surface area (Å²) >= 11 is 0. The van der Waals surface area contributed by atoms with E-state index in [0.717, 1.165) is 49.7 Å². The second-order valence-electron chi connectivity index (χ2n) is 10.1. The summed E-state index contributed by atoms with van der Waals surface area (Å²) in [5.41, 5.74) is 0.874. The third-order valence-electron chi connectivity index (χ3n) is 7.88. The number of halogens is 1. The van der Waals surface area contributed by atoms with Crippen molar-refractivity contribution < 1.29 is 14.6 Å². The van der Waals surface area contributed by atoms with Crippen molar-refractivity contribution in [2.45, 2.75) is 37.4 Å². The molecule has 0 radical (unpaired) electrons. The first kappa shape index (κ1) is 21.7. The molecule has 8 nitrogen and oxygen atoms in total. The highest BCUT2D eigenvalue weighted by atomic mass is 19.1. The van der Waals surface area contributed by atoms with Crippen molar-refractivity contribution in [3.63, 3.8) is 0 Å². The third-order valence-corrected chi connectivity index (χ3v) is 7.88. The summed E-state index contributed by atoms with van der Waals surface area (Å²) in [5.74, 6) is 0.644. The van der Waals surface area contributed by atoms with Crippen LogP contribution in [-0.4, -0.2) is 69.5 Å². The van der Waals surface area contributed by atoms with Crippen LogP contribution in [0.4, 0.5) is 16.2 Å². The summed E-state index contributed by atoms with van der Waals surface area (Å²) in [7, 11) is 0. The lowest BCUT2D eigenvalue weighted by Crippen LogP contribution is -2.52. The average Bonchev–Trinajstić information content (AvgIpc) is 3.20. The summed E-state index contributed by atoms with van der Waals surface area (Å²) in [6, 6.07) is 11.5. The zero-order valence-corrected chi connectivity index (χ0v) is 19.7. The number of anilines is 2. The van der Waals surface area contributed by atoms with E-state index in [1.54, 1.807) is 18.3 Å². The summed E-state index contributed by atoms with van der Waals surface area (Å²) < 4.78 is 16.3. The quantitative estimate of drug-likeness (QED) is 0.405. The molecule has 9 heteroatoms. The molecule has 4 aromatic rings. The lowest BCUT2D eigenvalue weighted by Gasteiger charge is -2.41. The number of fused-ring (bicyclic) bond motifs is 4. The molecule has 7 rings (SSSR count). The van der Waals surface area contributed by atoms with Gasteiger partial charge in [0.2, 0.25) is 5.95 Å². The predicted octanol–water partition coefficient (Wildman–Crippen LogP) is 3.20. The van der Waals surface area contributed by atoms with E-state index in [4.69, 9.17) is 4.98 Å². The van der Waals surface area contributed by atoms with E-state index in [1.165, 1.54) is 0 Å². The molecule has 2 bridgehead atoms. The highest BCUT2D eigenvalue weighted by Crippen LogP contribution is 2.38. The van der Waals surface area contributed by atoms with E-state index < -0.39 is 5.82 Å². The van der Waals surface area contributed by atoms with Gasteiger partial charge in [-0.25, -0.2) is 9.37 Å². The second-order valence-corrected chi connectivity index (χ2v) is 10.1. The van der Waals surface area contributed by atoms with Gasteiger partial charge in [-0.3, -0.25) is 4.98 Å². The molecule has 2 aromatic carbocycles. The monoisotopic (exact) mass is 486 g/mol. The van der Waals surface area contributed by atoms with Gasteiger partial charge >= 0.3 is 0 Å². The average molecular weight is 487 g/mol. The number of hydrogen-bond acceptors (Lipinski definition) is 8. The van der Waals surface area contributed by atoms with E-state index in [9.17, 15) is 10.2 Å². The molecule has 3 aliphatic heterocycles. The molecule has 5 heterocycles. The highest BCUT2D eigenvalue weighted by Gasteiger charge is 2.36. The molecule has 0 spiro atoms. The Hall–Kier alpha value is -3.56. The Balaban J connectivity index is 1.43. The summed E-state index contributed by atoms with van der Waals surface area (Å²) in [4.78, 5) is 18.3. The van der Waals surface area contributed by atoms with Gasteiger partial charge in [-0.1, -0.05) is 24.3 Å². The molecule has 3 saturated heterocycles. The second kappa shape index (κ2) is 8.25. The number of rotatable bonds is 4. The van der Waals surface area contributed by atoms with Gasteiger partial charge in [0.15, 0.2) is 5.82 Å². The maximum atomic E-state index is 16.3. The first-order chi connectivity index (χ1) is 17.6. The molecule has 3 N–H and O–H groups in total. The van der Waals surface area contributed by atoms with Crippen LogP contribution in [0.3, 0.4) is 0 Å². The first-order valence-corrected chi connectivity index (χ1v) is 12.6. The van der Waals surface area contributed by atoms with E-state index >= 15 is 4.39 Å². The van der Waals surface area contributed by atoms with Gasteiger partial charge in [0.25, 0.3) is 0 Å². The number of aromatic hydroxyl groups is 1. The lowest BCUT2D eigenvalue weighted by molar-refractivity contribution is 0.225. The molecule has 184 valence electrons. The molecule has 3 aliphatic rings. The molecule has 0 amide bonds. The number of aromatic nitrogens is 3. The number of piperazine rings is 1. The van der Waals surface area contributed by atoms with E-state index in [0.29, 0.717) is 34.8 Å². The van der Waals surface area contributed by atoms with Crippen LogP contribution < -0.4 is 15.1 Å². The normalized spacial score (nSPS) is 23.4. The van der Waals surface area contributed by atoms with Gasteiger partial charge in [0.05, 0.1) is 18.0 Å². The van der Waals surface area contributed by atoms with Crippen molar-refractivity contribution >= 4 is 33.4 Å². The van der Waals surface area contributed by atoms with Crippen LogP contribution in [0.25, 0.3) is 32.9 Å². The Bertz CT molecular complexity index is 1480. The van der Waals surface area contributed by atoms with Gasteiger partial charge in [0.1, 0.15) is 22.8 Å². The highest BCUT2D eigenvalue weighted by molar-refractivity contribution is 6.00. The Morgan fingerprint density at radius 1 is 1.03 bits per heavy atom. The van der Waals surface area contributed by atoms with Crippen molar-refractivity contribution in [2.24, 2.45) is 0 Å². The fourth-order valence-corrected chi connectivity index (χ4v) is 5.94. The van der Waals surface area contributed by atoms with Gasteiger partial charge in [-0.2, -0.15) is 4.98 Å². The topological polar surface area (TPSA) is 97.6 Å². The van der Waals surface area contributed by atoms with Crippen LogP contribution in [0, 0.1) is 5.82 Å². The minimum Gasteiger partial charge on any atom is -0.508 e. The number of aliphatic hydroxyl groups is 1. The van der Waals surface area contributed by atoms with Gasteiger partial charge in [-0.05, 0) is 42.2 Å². The minimum absolute atomic E-state index is 0.00781. The summed E-state index contributed by atoms with van der Waals surface area (Å²) in [6.45, 7) is 2.33. The number of phenols is 1. The number of benzene rings is 2. The van der Waals surface area contributed by atoms with Crippen LogP contribution in [0.5, 0.6) is 5.75 Å². The molecule has 3 fully saturated rings. The van der Waals surface area contributed by atoms with Crippen molar-refractivity contribution in [3.05, 3.63) is 48.4 Å². The molecular weight excluding hydrogens is 459 g/mol. The third kappa shape index (κ3) is 3.37. The van der Waals surface area contributed by atoms with Crippen LogP contribution in [0.15, 0.2) is 42.6 Å². The van der Waals surface area contributed by atoms with Crippen molar-refractivity contribution in [2.75, 3.05) is 36.0 Å². The summed E-state index contributed by atoms with van der Waals surface area (Å²) in [5, 5.41) is 25.9. The van der Waals surface area contributed by atoms with Crippen molar-refractivity contribution in [1.29, 1.82) is 0 Å². The number of aliphatic hydroxyl groups excluding tert-OH is 1.